The van der Waals surface area contributed by atoms with E-state index >= 15 is 0 Å². The molecule has 0 bridgehead atoms. The van der Waals surface area contributed by atoms with Gasteiger partial charge < -0.3 is 50.0 Å². The number of hydrazine groups is 2. The second kappa shape index (κ2) is 32.7. The highest BCUT2D eigenvalue weighted by Gasteiger charge is 2.52. The van der Waals surface area contributed by atoms with E-state index in [2.05, 4.69) is 22.0 Å². The third-order valence-corrected chi connectivity index (χ3v) is 16.7. The number of ether oxygens (including phenoxy) is 3. The number of aromatic hydroxyl groups is 1. The maximum atomic E-state index is 14.7. The van der Waals surface area contributed by atoms with Gasteiger partial charge in [-0.3, -0.25) is 24.2 Å². The smallest absolute Gasteiger partial charge is 0.429 e. The molecule has 21 heteroatoms. The lowest BCUT2D eigenvalue weighted by molar-refractivity contribution is -0.157. The van der Waals surface area contributed by atoms with Gasteiger partial charge in [0.1, 0.15) is 36.1 Å². The van der Waals surface area contributed by atoms with Crippen LogP contribution in [0.2, 0.25) is 0 Å². The number of carbonyl (C=O) groups is 7. The number of phenols is 1. The van der Waals surface area contributed by atoms with Gasteiger partial charge in [-0.15, -0.1) is 0 Å². The van der Waals surface area contributed by atoms with Crippen molar-refractivity contribution in [3.05, 3.63) is 233 Å². The third-order valence-electron chi connectivity index (χ3n) is 16.7. The Balaban J connectivity index is 0.000000232. The number of urea groups is 2. The monoisotopic (exact) mass is 1300 g/mol. The number of aryl methyl sites for hydroxylation is 1. The largest absolute Gasteiger partial charge is 0.508 e. The summed E-state index contributed by atoms with van der Waals surface area (Å²) in [6, 6.07) is 58.5. The first kappa shape index (κ1) is 70.0. The van der Waals surface area contributed by atoms with Crippen LogP contribution in [0.25, 0.3) is 21.5 Å². The van der Waals surface area contributed by atoms with E-state index in [1.165, 1.54) is 19.2 Å². The molecule has 8 aromatic rings. The second-order valence-corrected chi connectivity index (χ2v) is 24.8. The lowest BCUT2D eigenvalue weighted by Crippen LogP contribution is -2.65. The first-order valence-electron chi connectivity index (χ1n) is 32.1. The van der Waals surface area contributed by atoms with Crippen molar-refractivity contribution in [2.24, 2.45) is 0 Å². The maximum Gasteiger partial charge on any atom is 0.429 e. The van der Waals surface area contributed by atoms with Crippen LogP contribution in [-0.4, -0.2) is 166 Å². The fraction of sp³-hybridized carbons (Fsp3) is 0.320. The minimum absolute atomic E-state index is 0.0125. The Morgan fingerprint density at radius 3 is 1.81 bits per heavy atom. The number of carbonyl (C=O) groups excluding carboxylic acids is 7. The SMILES string of the molecule is CCOC(CN(Cc1cccc2ccccc12)C(=O)[C@H](Cc1ccc(C)cc1)NC(=O)CN(C(=O)OC(C)(C)C)N(C)C(=O)NCc1ccccc1)OC.CN(C(=O)NCc1ccccc1)N1CC(=O)N2[C@@H](Cc3ccc(O)cc3)C(=O)N(Cc3cccc4ccccc34)C[C@@H]21. The van der Waals surface area contributed by atoms with E-state index in [9.17, 15) is 38.7 Å². The highest BCUT2D eigenvalue weighted by atomic mass is 16.7. The minimum atomic E-state index is -1.06. The summed E-state index contributed by atoms with van der Waals surface area (Å²) in [7, 11) is 4.54. The summed E-state index contributed by atoms with van der Waals surface area (Å²) >= 11 is 0. The molecule has 1 unspecified atom stereocenters. The zero-order valence-electron chi connectivity index (χ0n) is 55.7. The number of phenolic OH excluding ortho intramolecular Hbond substituents is 1. The molecule has 0 aromatic heterocycles. The van der Waals surface area contributed by atoms with Gasteiger partial charge in [-0.05, 0) is 102 Å². The second-order valence-electron chi connectivity index (χ2n) is 24.8. The quantitative estimate of drug-likeness (QED) is 0.0367. The number of nitrogens with one attached hydrogen (secondary N) is 3. The molecule has 502 valence electrons. The zero-order valence-corrected chi connectivity index (χ0v) is 55.7. The van der Waals surface area contributed by atoms with Crippen molar-refractivity contribution in [3.8, 4) is 5.75 Å². The highest BCUT2D eigenvalue weighted by Crippen LogP contribution is 2.32. The molecule has 2 aliphatic heterocycles. The molecule has 0 aliphatic carbocycles. The van der Waals surface area contributed by atoms with Crippen molar-refractivity contribution in [1.82, 2.24) is 50.7 Å². The van der Waals surface area contributed by atoms with E-state index < -0.39 is 54.7 Å². The van der Waals surface area contributed by atoms with E-state index in [1.54, 1.807) is 71.8 Å². The van der Waals surface area contributed by atoms with E-state index in [0.717, 1.165) is 70.5 Å². The lowest BCUT2D eigenvalue weighted by atomic mass is 9.99. The Bertz CT molecular complexity index is 3960. The third kappa shape index (κ3) is 18.5. The number of nitrogens with zero attached hydrogens (tertiary/aromatic N) is 7. The van der Waals surface area contributed by atoms with E-state index in [4.69, 9.17) is 14.2 Å². The zero-order chi connectivity index (χ0) is 68.5. The van der Waals surface area contributed by atoms with Crippen molar-refractivity contribution < 1.29 is 52.9 Å². The lowest BCUT2D eigenvalue weighted by Gasteiger charge is -2.46. The van der Waals surface area contributed by atoms with Gasteiger partial charge in [0.05, 0.1) is 19.6 Å². The van der Waals surface area contributed by atoms with Gasteiger partial charge in [-0.2, -0.15) is 5.01 Å². The van der Waals surface area contributed by atoms with Crippen LogP contribution in [0.3, 0.4) is 0 Å². The molecule has 2 fully saturated rings. The number of amides is 9. The fourth-order valence-corrected chi connectivity index (χ4v) is 11.7. The molecular weight excluding hydrogens is 1220 g/mol. The summed E-state index contributed by atoms with van der Waals surface area (Å²) in [6.07, 6.45) is -1.70. The Labute approximate surface area is 561 Å². The molecule has 0 saturated carbocycles. The van der Waals surface area contributed by atoms with Gasteiger partial charge in [0.15, 0.2) is 6.29 Å². The Morgan fingerprint density at radius 1 is 0.667 bits per heavy atom. The van der Waals surface area contributed by atoms with Crippen LogP contribution in [0, 0.1) is 6.92 Å². The first-order valence-corrected chi connectivity index (χ1v) is 32.1. The van der Waals surface area contributed by atoms with Crippen LogP contribution in [0.5, 0.6) is 5.75 Å². The summed E-state index contributed by atoms with van der Waals surface area (Å²) in [5, 5.41) is 27.7. The number of hydrogen-bond acceptors (Lipinski definition) is 12. The maximum absolute atomic E-state index is 14.7. The van der Waals surface area contributed by atoms with Gasteiger partial charge in [-0.1, -0.05) is 188 Å². The van der Waals surface area contributed by atoms with Crippen LogP contribution >= 0.6 is 0 Å². The van der Waals surface area contributed by atoms with Crippen LogP contribution < -0.4 is 16.0 Å². The normalized spacial score (nSPS) is 15.2. The highest BCUT2D eigenvalue weighted by molar-refractivity contribution is 5.94. The van der Waals surface area contributed by atoms with Crippen molar-refractivity contribution in [3.63, 3.8) is 0 Å². The number of benzene rings is 8. The van der Waals surface area contributed by atoms with Gasteiger partial charge >= 0.3 is 18.2 Å². The van der Waals surface area contributed by atoms with Crippen LogP contribution in [0.4, 0.5) is 14.4 Å². The molecule has 96 heavy (non-hydrogen) atoms. The minimum Gasteiger partial charge on any atom is -0.508 e. The molecule has 10 rings (SSSR count). The summed E-state index contributed by atoms with van der Waals surface area (Å²) in [4.78, 5) is 101. The molecule has 4 N–H and O–H groups in total. The predicted octanol–water partition coefficient (Wildman–Crippen LogP) is 9.93. The molecular formula is C75H86N10O11. The van der Waals surface area contributed by atoms with Gasteiger partial charge in [0.2, 0.25) is 23.6 Å². The summed E-state index contributed by atoms with van der Waals surface area (Å²) < 4.78 is 17.0. The number of methoxy groups -OCH3 is 1. The number of hydrogen-bond donors (Lipinski definition) is 4. The average molecular weight is 1300 g/mol. The molecule has 2 saturated heterocycles. The fourth-order valence-electron chi connectivity index (χ4n) is 11.7. The van der Waals surface area contributed by atoms with Gasteiger partial charge in [-0.25, -0.2) is 24.4 Å². The van der Waals surface area contributed by atoms with E-state index in [1.807, 2.05) is 178 Å². The Kier molecular flexibility index (Phi) is 23.8. The predicted molar refractivity (Wildman–Crippen MR) is 367 cm³/mol. The van der Waals surface area contributed by atoms with Gasteiger partial charge in [0.25, 0.3) is 0 Å². The molecule has 0 spiro atoms. The molecule has 2 heterocycles. The number of fused-ring (bicyclic) bond motifs is 3. The van der Waals surface area contributed by atoms with Crippen molar-refractivity contribution in [1.29, 1.82) is 0 Å². The number of rotatable bonds is 22. The van der Waals surface area contributed by atoms with E-state index in [0.29, 0.717) is 26.1 Å². The van der Waals surface area contributed by atoms with Crippen LogP contribution in [0.15, 0.2) is 194 Å². The molecule has 9 amide bonds. The van der Waals surface area contributed by atoms with Crippen LogP contribution in [0.1, 0.15) is 66.6 Å². The molecule has 21 nitrogen and oxygen atoms in total. The molecule has 2 aliphatic rings. The standard InChI is InChI=1S/C42H53N5O7.C33H33N5O4/c1-8-53-38(52-7)29-46(27-34-19-14-18-33-17-12-13-20-35(33)34)39(49)36(25-31-23-21-30(2)22-24-31)44-37(48)28-47(41(51)54-42(3,4)5)45(6)40(50)43-26-32-15-10-9-11-16-32;1-35(33(42)34-19-24-8-3-2-4-9-24)37-22-31(40)38-29(18-23-14-16-27(39)17-15-23)32(41)36(21-30(37)38)20-26-12-7-11-25-10-5-6-13-28(25)26/h9-24,36,38H,8,25-29H2,1-7H3,(H,43,50)(H,44,48);2-17,29-30,39H,18-22H2,1H3,(H,34,42)/t36-,38?;29-,30+/m00/s1. The Hall–Kier alpha value is -10.4. The molecule has 4 atom stereocenters. The molecule has 0 radical (unpaired) electrons. The van der Waals surface area contributed by atoms with Crippen molar-refractivity contribution in [2.45, 2.75) is 104 Å². The summed E-state index contributed by atoms with van der Waals surface area (Å²) in [5.41, 5.74) is 5.52. The van der Waals surface area contributed by atoms with Crippen molar-refractivity contribution >= 4 is 63.3 Å². The molecule has 8 aromatic carbocycles. The van der Waals surface area contributed by atoms with Crippen molar-refractivity contribution in [2.75, 3.05) is 54.0 Å². The topological polar surface area (TPSA) is 226 Å². The van der Waals surface area contributed by atoms with Crippen LogP contribution in [-0.2, 0) is 72.4 Å². The summed E-state index contributed by atoms with van der Waals surface area (Å²) in [5.74, 6) is -1.26. The Morgan fingerprint density at radius 2 is 1.22 bits per heavy atom. The van der Waals surface area contributed by atoms with Gasteiger partial charge in [0, 0.05) is 66.8 Å². The van der Waals surface area contributed by atoms with E-state index in [-0.39, 0.29) is 68.6 Å². The average Bonchev–Trinajstić information content (AvgIpc) is 1.57. The number of piperazine rings is 1. The summed E-state index contributed by atoms with van der Waals surface area (Å²) in [6.45, 7) is 10.1. The first-order chi connectivity index (χ1) is 46.2.